The van der Waals surface area contributed by atoms with E-state index in [0.29, 0.717) is 6.04 Å². The maximum atomic E-state index is 5.58. The van der Waals surface area contributed by atoms with Gasteiger partial charge in [-0.25, -0.2) is 0 Å². The molecule has 126 valence electrons. The predicted molar refractivity (Wildman–Crippen MR) is 97.3 cm³/mol. The maximum absolute atomic E-state index is 5.58. The molecular formula is C20H24N2O2. The van der Waals surface area contributed by atoms with Gasteiger partial charge in [-0.15, -0.1) is 0 Å². The van der Waals surface area contributed by atoms with E-state index in [9.17, 15) is 0 Å². The molecule has 2 aromatic rings. The molecule has 0 radical (unpaired) electrons. The normalized spacial score (nSPS) is 19.4. The lowest BCUT2D eigenvalue weighted by Gasteiger charge is -2.25. The standard InChI is InChI=1S/C20H24N2O2/c1-23-17-5-6-18(20(13-17)24-2)14-3-4-15-11-16-7-8-21-9-10-22(16)19(15)12-14/h3-6,12-13,16,21H,7-11H2,1-2H3. The van der Waals surface area contributed by atoms with Gasteiger partial charge in [-0.05, 0) is 48.7 Å². The van der Waals surface area contributed by atoms with Crippen molar-refractivity contribution in [3.8, 4) is 22.6 Å². The van der Waals surface area contributed by atoms with E-state index in [-0.39, 0.29) is 0 Å². The molecule has 0 saturated carbocycles. The van der Waals surface area contributed by atoms with Crippen molar-refractivity contribution in [1.29, 1.82) is 0 Å². The molecular weight excluding hydrogens is 300 g/mol. The molecule has 0 aliphatic carbocycles. The zero-order valence-corrected chi connectivity index (χ0v) is 14.3. The molecule has 0 aromatic heterocycles. The molecule has 4 heteroatoms. The first-order chi connectivity index (χ1) is 11.8. The van der Waals surface area contributed by atoms with E-state index >= 15 is 0 Å². The van der Waals surface area contributed by atoms with Gasteiger partial charge in [0.25, 0.3) is 0 Å². The van der Waals surface area contributed by atoms with Crippen LogP contribution in [0.1, 0.15) is 12.0 Å². The van der Waals surface area contributed by atoms with E-state index in [4.69, 9.17) is 9.47 Å². The van der Waals surface area contributed by atoms with Gasteiger partial charge in [0.1, 0.15) is 11.5 Å². The van der Waals surface area contributed by atoms with E-state index in [2.05, 4.69) is 34.5 Å². The van der Waals surface area contributed by atoms with Crippen molar-refractivity contribution in [2.24, 2.45) is 0 Å². The number of nitrogens with one attached hydrogen (secondary N) is 1. The number of methoxy groups -OCH3 is 2. The Bertz CT molecular complexity index is 744. The summed E-state index contributed by atoms with van der Waals surface area (Å²) in [6.07, 6.45) is 2.38. The minimum Gasteiger partial charge on any atom is -0.497 e. The molecule has 2 aliphatic rings. The third-order valence-electron chi connectivity index (χ3n) is 5.19. The maximum Gasteiger partial charge on any atom is 0.130 e. The van der Waals surface area contributed by atoms with E-state index < -0.39 is 0 Å². The van der Waals surface area contributed by atoms with Gasteiger partial charge in [-0.1, -0.05) is 12.1 Å². The number of anilines is 1. The van der Waals surface area contributed by atoms with Crippen LogP contribution in [0.4, 0.5) is 5.69 Å². The molecule has 0 spiro atoms. The Labute approximate surface area is 143 Å². The first-order valence-corrected chi connectivity index (χ1v) is 8.63. The summed E-state index contributed by atoms with van der Waals surface area (Å²) in [5.41, 5.74) is 5.17. The van der Waals surface area contributed by atoms with Crippen molar-refractivity contribution in [1.82, 2.24) is 5.32 Å². The fraction of sp³-hybridized carbons (Fsp3) is 0.400. The van der Waals surface area contributed by atoms with E-state index in [1.165, 1.54) is 23.2 Å². The highest BCUT2D eigenvalue weighted by molar-refractivity contribution is 5.77. The Kier molecular flexibility index (Phi) is 4.07. The summed E-state index contributed by atoms with van der Waals surface area (Å²) < 4.78 is 10.9. The molecule has 1 fully saturated rings. The lowest BCUT2D eigenvalue weighted by atomic mass is 10.0. The number of ether oxygens (including phenoxy) is 2. The summed E-state index contributed by atoms with van der Waals surface area (Å²) in [5, 5.41) is 3.51. The van der Waals surface area contributed by atoms with Gasteiger partial charge in [0, 0.05) is 36.4 Å². The second-order valence-electron chi connectivity index (χ2n) is 6.50. The Morgan fingerprint density at radius 3 is 2.79 bits per heavy atom. The lowest BCUT2D eigenvalue weighted by Crippen LogP contribution is -2.32. The van der Waals surface area contributed by atoms with Gasteiger partial charge in [-0.3, -0.25) is 0 Å². The van der Waals surface area contributed by atoms with Crippen LogP contribution < -0.4 is 19.7 Å². The number of nitrogens with zero attached hydrogens (tertiary/aromatic N) is 1. The molecule has 2 aromatic carbocycles. The summed E-state index contributed by atoms with van der Waals surface area (Å²) in [6, 6.07) is 13.5. The highest BCUT2D eigenvalue weighted by Gasteiger charge is 2.30. The summed E-state index contributed by atoms with van der Waals surface area (Å²) in [7, 11) is 3.39. The number of hydrogen-bond donors (Lipinski definition) is 1. The van der Waals surface area contributed by atoms with E-state index in [1.54, 1.807) is 14.2 Å². The molecule has 0 bridgehead atoms. The van der Waals surface area contributed by atoms with Crippen LogP contribution in [0.25, 0.3) is 11.1 Å². The minimum absolute atomic E-state index is 0.642. The van der Waals surface area contributed by atoms with Crippen LogP contribution in [0.15, 0.2) is 36.4 Å². The van der Waals surface area contributed by atoms with Gasteiger partial charge in [0.05, 0.1) is 14.2 Å². The fourth-order valence-corrected chi connectivity index (χ4v) is 3.92. The zero-order valence-electron chi connectivity index (χ0n) is 14.3. The molecule has 1 N–H and O–H groups in total. The summed E-state index contributed by atoms with van der Waals surface area (Å²) in [4.78, 5) is 2.58. The van der Waals surface area contributed by atoms with E-state index in [0.717, 1.165) is 43.1 Å². The Morgan fingerprint density at radius 1 is 1.04 bits per heavy atom. The van der Waals surface area contributed by atoms with Crippen molar-refractivity contribution in [2.45, 2.75) is 18.9 Å². The highest BCUT2D eigenvalue weighted by Crippen LogP contribution is 2.40. The molecule has 0 amide bonds. The van der Waals surface area contributed by atoms with Gasteiger partial charge in [-0.2, -0.15) is 0 Å². The molecule has 1 saturated heterocycles. The second-order valence-corrected chi connectivity index (χ2v) is 6.50. The van der Waals surface area contributed by atoms with Crippen molar-refractivity contribution in [3.05, 3.63) is 42.0 Å². The average Bonchev–Trinajstić information content (AvgIpc) is 2.81. The topological polar surface area (TPSA) is 33.7 Å². The van der Waals surface area contributed by atoms with Crippen molar-refractivity contribution >= 4 is 5.69 Å². The number of benzene rings is 2. The van der Waals surface area contributed by atoms with Gasteiger partial charge in [0.15, 0.2) is 0 Å². The number of hydrogen-bond acceptors (Lipinski definition) is 4. The molecule has 1 unspecified atom stereocenters. The average molecular weight is 324 g/mol. The lowest BCUT2D eigenvalue weighted by molar-refractivity contribution is 0.395. The Balaban J connectivity index is 1.73. The monoisotopic (exact) mass is 324 g/mol. The van der Waals surface area contributed by atoms with Crippen LogP contribution in [-0.4, -0.2) is 39.9 Å². The zero-order chi connectivity index (χ0) is 16.5. The molecule has 2 heterocycles. The largest absolute Gasteiger partial charge is 0.497 e. The van der Waals surface area contributed by atoms with Crippen LogP contribution in [0.2, 0.25) is 0 Å². The molecule has 4 nitrogen and oxygen atoms in total. The quantitative estimate of drug-likeness (QED) is 0.941. The van der Waals surface area contributed by atoms with Crippen LogP contribution in [0.3, 0.4) is 0 Å². The van der Waals surface area contributed by atoms with Crippen molar-refractivity contribution in [2.75, 3.05) is 38.8 Å². The third-order valence-corrected chi connectivity index (χ3v) is 5.19. The first-order valence-electron chi connectivity index (χ1n) is 8.63. The highest BCUT2D eigenvalue weighted by atomic mass is 16.5. The predicted octanol–water partition coefficient (Wildman–Crippen LogP) is 3.10. The summed E-state index contributed by atoms with van der Waals surface area (Å²) >= 11 is 0. The van der Waals surface area contributed by atoms with Gasteiger partial charge >= 0.3 is 0 Å². The van der Waals surface area contributed by atoms with Gasteiger partial charge in [0.2, 0.25) is 0 Å². The molecule has 24 heavy (non-hydrogen) atoms. The van der Waals surface area contributed by atoms with Crippen molar-refractivity contribution in [3.63, 3.8) is 0 Å². The fourth-order valence-electron chi connectivity index (χ4n) is 3.92. The SMILES string of the molecule is COc1ccc(-c2ccc3c(c2)N2CCNCCC2C3)c(OC)c1. The summed E-state index contributed by atoms with van der Waals surface area (Å²) in [5.74, 6) is 1.66. The number of fused-ring (bicyclic) bond motifs is 3. The minimum atomic E-state index is 0.642. The van der Waals surface area contributed by atoms with Crippen LogP contribution in [0.5, 0.6) is 11.5 Å². The van der Waals surface area contributed by atoms with Crippen LogP contribution in [0, 0.1) is 0 Å². The van der Waals surface area contributed by atoms with Crippen LogP contribution in [-0.2, 0) is 6.42 Å². The van der Waals surface area contributed by atoms with E-state index in [1.807, 2.05) is 12.1 Å². The Morgan fingerprint density at radius 2 is 1.96 bits per heavy atom. The summed E-state index contributed by atoms with van der Waals surface area (Å²) in [6.45, 7) is 3.27. The molecule has 2 aliphatic heterocycles. The second kappa shape index (κ2) is 6.36. The third kappa shape index (κ3) is 2.61. The van der Waals surface area contributed by atoms with Gasteiger partial charge < -0.3 is 19.7 Å². The Hall–Kier alpha value is -2.20. The van der Waals surface area contributed by atoms with Crippen LogP contribution >= 0.6 is 0 Å². The molecule has 4 rings (SSSR count). The number of rotatable bonds is 3. The van der Waals surface area contributed by atoms with Crippen molar-refractivity contribution < 1.29 is 9.47 Å². The smallest absolute Gasteiger partial charge is 0.130 e. The molecule has 1 atom stereocenters. The first kappa shape index (κ1) is 15.3.